The van der Waals surface area contributed by atoms with Gasteiger partial charge in [0.05, 0.1) is 24.0 Å². The minimum Gasteiger partial charge on any atom is -0.368 e. The van der Waals surface area contributed by atoms with Crippen LogP contribution in [0.1, 0.15) is 0 Å². The molecule has 1 aliphatic rings. The standard InChI is InChI=1S/C19H22FN5O4/c20-13-7-12(25-6-2-1-3-19(25)28)4-5-15(13)23-18(27)10-24-8-14(21)16(9-24)29-11-17(22)26/h1-7,14,16H,8-11,21H2,(H2,22,26)(H,23,27)/t14-,16-/m0/s1. The predicted molar refractivity (Wildman–Crippen MR) is 104 cm³/mol. The SMILES string of the molecule is NC(=O)CO[C@H]1CN(CC(=O)Nc2ccc(-n3ccccc3=O)cc2F)C[C@@H]1N. The molecular weight excluding hydrogens is 381 g/mol. The van der Waals surface area contributed by atoms with E-state index in [1.165, 1.54) is 29.0 Å². The fourth-order valence-electron chi connectivity index (χ4n) is 3.16. The van der Waals surface area contributed by atoms with Gasteiger partial charge in [0.2, 0.25) is 11.8 Å². The number of hydrogen-bond acceptors (Lipinski definition) is 6. The van der Waals surface area contributed by atoms with Crippen molar-refractivity contribution in [3.8, 4) is 5.69 Å². The fraction of sp³-hybridized carbons (Fsp3) is 0.316. The van der Waals surface area contributed by atoms with Gasteiger partial charge in [0, 0.05) is 37.5 Å². The Labute approximate surface area is 166 Å². The summed E-state index contributed by atoms with van der Waals surface area (Å²) in [6, 6.07) is 8.39. The molecule has 0 unspecified atom stereocenters. The molecule has 2 heterocycles. The van der Waals surface area contributed by atoms with E-state index in [0.29, 0.717) is 18.8 Å². The first-order valence-corrected chi connectivity index (χ1v) is 8.99. The number of nitrogens with one attached hydrogen (secondary N) is 1. The van der Waals surface area contributed by atoms with Gasteiger partial charge in [-0.15, -0.1) is 0 Å². The molecule has 5 N–H and O–H groups in total. The van der Waals surface area contributed by atoms with Gasteiger partial charge < -0.3 is 21.5 Å². The molecule has 1 aliphatic heterocycles. The van der Waals surface area contributed by atoms with Gasteiger partial charge >= 0.3 is 0 Å². The van der Waals surface area contributed by atoms with Crippen molar-refractivity contribution >= 4 is 17.5 Å². The molecule has 1 aromatic carbocycles. The number of ether oxygens (including phenoxy) is 1. The summed E-state index contributed by atoms with van der Waals surface area (Å²) >= 11 is 0. The van der Waals surface area contributed by atoms with Crippen molar-refractivity contribution in [1.82, 2.24) is 9.47 Å². The van der Waals surface area contributed by atoms with E-state index >= 15 is 0 Å². The van der Waals surface area contributed by atoms with Gasteiger partial charge in [-0.25, -0.2) is 4.39 Å². The van der Waals surface area contributed by atoms with Crippen molar-refractivity contribution in [2.45, 2.75) is 12.1 Å². The maximum atomic E-state index is 14.4. The van der Waals surface area contributed by atoms with Crippen molar-refractivity contribution in [3.63, 3.8) is 0 Å². The summed E-state index contributed by atoms with van der Waals surface area (Å²) in [5.74, 6) is -1.67. The van der Waals surface area contributed by atoms with Gasteiger partial charge in [-0.1, -0.05) is 6.07 Å². The number of anilines is 1. The van der Waals surface area contributed by atoms with Crippen LogP contribution in [-0.4, -0.2) is 59.7 Å². The number of likely N-dealkylation sites (tertiary alicyclic amines) is 1. The Morgan fingerprint density at radius 2 is 2.03 bits per heavy atom. The third kappa shape index (κ3) is 5.25. The average molecular weight is 403 g/mol. The quantitative estimate of drug-likeness (QED) is 0.567. The van der Waals surface area contributed by atoms with Crippen molar-refractivity contribution in [2.75, 3.05) is 31.6 Å². The average Bonchev–Trinajstić information content (AvgIpc) is 3.01. The topological polar surface area (TPSA) is 133 Å². The summed E-state index contributed by atoms with van der Waals surface area (Å²) in [6.07, 6.45) is 1.12. The number of carbonyl (C=O) groups excluding carboxylic acids is 2. The minimum absolute atomic E-state index is 0.00718. The highest BCUT2D eigenvalue weighted by molar-refractivity contribution is 5.92. The molecule has 1 saturated heterocycles. The molecule has 0 aliphatic carbocycles. The third-order valence-electron chi connectivity index (χ3n) is 4.52. The van der Waals surface area contributed by atoms with E-state index in [9.17, 15) is 18.8 Å². The Kier molecular flexibility index (Phi) is 6.37. The molecule has 0 saturated carbocycles. The number of amides is 2. The van der Waals surface area contributed by atoms with Crippen molar-refractivity contribution in [2.24, 2.45) is 11.5 Å². The van der Waals surface area contributed by atoms with Crippen LogP contribution < -0.4 is 22.3 Å². The number of nitrogens with zero attached hydrogens (tertiary/aromatic N) is 2. The molecule has 154 valence electrons. The largest absolute Gasteiger partial charge is 0.368 e. The lowest BCUT2D eigenvalue weighted by Crippen LogP contribution is -2.37. The van der Waals surface area contributed by atoms with E-state index < -0.39 is 23.7 Å². The molecule has 0 bridgehead atoms. The number of nitrogens with two attached hydrogens (primary N) is 2. The normalized spacial score (nSPS) is 19.2. The summed E-state index contributed by atoms with van der Waals surface area (Å²) in [7, 11) is 0. The summed E-state index contributed by atoms with van der Waals surface area (Å²) in [6.45, 7) is 0.513. The molecule has 2 amide bonds. The molecule has 2 aromatic rings. The van der Waals surface area contributed by atoms with Crippen LogP contribution in [0, 0.1) is 5.82 Å². The smallest absolute Gasteiger partial charge is 0.255 e. The molecule has 1 aromatic heterocycles. The van der Waals surface area contributed by atoms with Crippen molar-refractivity contribution < 1.29 is 18.7 Å². The lowest BCUT2D eigenvalue weighted by atomic mass is 10.2. The van der Waals surface area contributed by atoms with Crippen LogP contribution in [-0.2, 0) is 14.3 Å². The van der Waals surface area contributed by atoms with Gasteiger partial charge in [0.25, 0.3) is 5.56 Å². The highest BCUT2D eigenvalue weighted by atomic mass is 19.1. The van der Waals surface area contributed by atoms with Crippen LogP contribution in [0.2, 0.25) is 0 Å². The van der Waals surface area contributed by atoms with Crippen LogP contribution in [0.3, 0.4) is 0 Å². The molecule has 3 rings (SSSR count). The molecule has 10 heteroatoms. The summed E-state index contributed by atoms with van der Waals surface area (Å²) in [5.41, 5.74) is 11.1. The first kappa shape index (κ1) is 20.6. The van der Waals surface area contributed by atoms with Gasteiger partial charge in [-0.05, 0) is 18.2 Å². The van der Waals surface area contributed by atoms with Gasteiger partial charge in [0.15, 0.2) is 0 Å². The Morgan fingerprint density at radius 1 is 1.24 bits per heavy atom. The zero-order chi connectivity index (χ0) is 21.0. The first-order chi connectivity index (χ1) is 13.8. The highest BCUT2D eigenvalue weighted by Crippen LogP contribution is 2.18. The molecular formula is C19H22FN5O4. The molecule has 1 fully saturated rings. The summed E-state index contributed by atoms with van der Waals surface area (Å²) in [4.78, 5) is 36.7. The Balaban J connectivity index is 1.59. The first-order valence-electron chi connectivity index (χ1n) is 8.99. The molecule has 0 spiro atoms. The van der Waals surface area contributed by atoms with Gasteiger partial charge in [-0.3, -0.25) is 23.9 Å². The second kappa shape index (κ2) is 8.95. The fourth-order valence-corrected chi connectivity index (χ4v) is 3.16. The number of benzene rings is 1. The number of hydrogen-bond donors (Lipinski definition) is 3. The number of aromatic nitrogens is 1. The highest BCUT2D eigenvalue weighted by Gasteiger charge is 2.32. The Morgan fingerprint density at radius 3 is 2.72 bits per heavy atom. The van der Waals surface area contributed by atoms with Crippen LogP contribution >= 0.6 is 0 Å². The Bertz CT molecular complexity index is 964. The van der Waals surface area contributed by atoms with Crippen LogP contribution in [0.4, 0.5) is 10.1 Å². The lowest BCUT2D eigenvalue weighted by Gasteiger charge is -2.16. The zero-order valence-electron chi connectivity index (χ0n) is 15.6. The number of halogens is 1. The minimum atomic E-state index is -0.660. The van der Waals surface area contributed by atoms with Crippen LogP contribution in [0.5, 0.6) is 0 Å². The Hall–Kier alpha value is -3.08. The molecule has 9 nitrogen and oxygen atoms in total. The second-order valence-corrected chi connectivity index (χ2v) is 6.79. The van der Waals surface area contributed by atoms with Crippen molar-refractivity contribution in [1.29, 1.82) is 0 Å². The number of pyridine rings is 1. The molecule has 2 atom stereocenters. The lowest BCUT2D eigenvalue weighted by molar-refractivity contribution is -0.124. The van der Waals surface area contributed by atoms with E-state index in [4.69, 9.17) is 16.2 Å². The number of rotatable bonds is 7. The maximum Gasteiger partial charge on any atom is 0.255 e. The van der Waals surface area contributed by atoms with E-state index in [1.807, 2.05) is 0 Å². The second-order valence-electron chi connectivity index (χ2n) is 6.79. The van der Waals surface area contributed by atoms with Crippen LogP contribution in [0.25, 0.3) is 5.69 Å². The summed E-state index contributed by atoms with van der Waals surface area (Å²) in [5, 5.41) is 2.51. The van der Waals surface area contributed by atoms with E-state index in [0.717, 1.165) is 0 Å². The molecule has 0 radical (unpaired) electrons. The van der Waals surface area contributed by atoms with Crippen LogP contribution in [0.15, 0.2) is 47.4 Å². The third-order valence-corrected chi connectivity index (χ3v) is 4.52. The van der Waals surface area contributed by atoms with E-state index in [2.05, 4.69) is 5.32 Å². The zero-order valence-corrected chi connectivity index (χ0v) is 15.6. The van der Waals surface area contributed by atoms with E-state index in [-0.39, 0.29) is 30.4 Å². The van der Waals surface area contributed by atoms with Crippen molar-refractivity contribution in [3.05, 3.63) is 58.8 Å². The maximum absolute atomic E-state index is 14.4. The summed E-state index contributed by atoms with van der Waals surface area (Å²) < 4.78 is 21.0. The van der Waals surface area contributed by atoms with Gasteiger partial charge in [0.1, 0.15) is 12.4 Å². The monoisotopic (exact) mass is 403 g/mol. The van der Waals surface area contributed by atoms with Gasteiger partial charge in [-0.2, -0.15) is 0 Å². The number of primary amides is 1. The van der Waals surface area contributed by atoms with E-state index in [1.54, 1.807) is 23.1 Å². The predicted octanol–water partition coefficient (Wildman–Crippen LogP) is -0.571. The molecule has 29 heavy (non-hydrogen) atoms. The number of carbonyl (C=O) groups is 2.